The molecule has 6 heterocycles. The number of hydrogen-bond acceptors (Lipinski definition) is 3. The highest BCUT2D eigenvalue weighted by atomic mass is 15.2. The quantitative estimate of drug-likeness (QED) is 0.152. The molecule has 0 atom stereocenters. The molecule has 12 aromatic carbocycles. The van der Waals surface area contributed by atoms with Crippen molar-refractivity contribution in [1.29, 1.82) is 0 Å². The Morgan fingerprint density at radius 2 is 0.685 bits per heavy atom. The Bertz CT molecular complexity index is 5890. The van der Waals surface area contributed by atoms with Gasteiger partial charge >= 0.3 is 0 Å². The number of hydrogen-bond donors (Lipinski definition) is 0. The molecule has 1 aliphatic rings. The molecule has 0 saturated heterocycles. The van der Waals surface area contributed by atoms with E-state index in [9.17, 15) is 0 Å². The van der Waals surface area contributed by atoms with Crippen molar-refractivity contribution in [2.75, 3.05) is 0 Å². The van der Waals surface area contributed by atoms with Crippen molar-refractivity contribution in [3.05, 3.63) is 296 Å². The van der Waals surface area contributed by atoms with Crippen molar-refractivity contribution in [2.45, 2.75) is 12.8 Å². The first-order valence-corrected chi connectivity index (χ1v) is 30.6. The van der Waals surface area contributed by atoms with Gasteiger partial charge in [-0.05, 0) is 127 Å². The summed E-state index contributed by atoms with van der Waals surface area (Å²) in [4.78, 5) is 15.6. The largest absolute Gasteiger partial charge is 0.311 e. The number of rotatable bonds is 8. The van der Waals surface area contributed by atoms with Crippen LogP contribution in [0.2, 0.25) is 0 Å². The molecule has 6 aromatic heterocycles. The zero-order valence-electron chi connectivity index (χ0n) is 48.2. The minimum absolute atomic E-state index is 0.562. The lowest BCUT2D eigenvalue weighted by atomic mass is 9.99. The van der Waals surface area contributed by atoms with Gasteiger partial charge in [-0.15, -0.1) is 0 Å². The number of nitrogens with zero attached hydrogens (tertiary/aromatic N) is 8. The van der Waals surface area contributed by atoms with Crippen molar-refractivity contribution in [2.24, 2.45) is 0 Å². The predicted octanol–water partition coefficient (Wildman–Crippen LogP) is 20.2. The fourth-order valence-corrected chi connectivity index (χ4v) is 14.7. The second kappa shape index (κ2) is 19.3. The summed E-state index contributed by atoms with van der Waals surface area (Å²) in [6, 6.07) is 101. The third kappa shape index (κ3) is 7.44. The highest BCUT2D eigenvalue weighted by Crippen LogP contribution is 2.46. The van der Waals surface area contributed by atoms with Crippen LogP contribution in [0.3, 0.4) is 0 Å². The van der Waals surface area contributed by atoms with E-state index in [1.807, 2.05) is 36.4 Å². The van der Waals surface area contributed by atoms with Crippen LogP contribution >= 0.6 is 0 Å². The molecule has 416 valence electrons. The van der Waals surface area contributed by atoms with E-state index < -0.39 is 0 Å². The van der Waals surface area contributed by atoms with Gasteiger partial charge in [-0.25, -0.2) is 4.98 Å². The Morgan fingerprint density at radius 3 is 1.30 bits per heavy atom. The van der Waals surface area contributed by atoms with Gasteiger partial charge in [0.2, 0.25) is 5.95 Å². The van der Waals surface area contributed by atoms with E-state index in [0.717, 1.165) is 90.5 Å². The fraction of sp³-hybridized carbons (Fsp3) is 0.0247. The summed E-state index contributed by atoms with van der Waals surface area (Å²) < 4.78 is 12.2. The van der Waals surface area contributed by atoms with E-state index in [1.165, 1.54) is 76.7 Å². The maximum absolute atomic E-state index is 5.25. The number of aromatic nitrogens is 8. The summed E-state index contributed by atoms with van der Waals surface area (Å²) in [5.41, 5.74) is 21.6. The lowest BCUT2D eigenvalue weighted by Crippen LogP contribution is -2.06. The smallest absolute Gasteiger partial charge is 0.238 e. The van der Waals surface area contributed by atoms with Gasteiger partial charge in [-0.1, -0.05) is 188 Å². The Labute approximate surface area is 511 Å². The van der Waals surface area contributed by atoms with Gasteiger partial charge in [0.05, 0.1) is 49.7 Å². The molecular weight excluding hydrogens is 1080 g/mol. The molecule has 8 heteroatoms. The van der Waals surface area contributed by atoms with Crippen LogP contribution in [-0.2, 0) is 6.42 Å². The van der Waals surface area contributed by atoms with Crippen molar-refractivity contribution >= 4 is 104 Å². The Morgan fingerprint density at radius 1 is 0.258 bits per heavy atom. The molecular formula is C81H52N8. The molecule has 19 rings (SSSR count). The molecule has 0 radical (unpaired) electrons. The summed E-state index contributed by atoms with van der Waals surface area (Å²) in [7, 11) is 0. The average Bonchev–Trinajstić information content (AvgIpc) is 2.77. The molecule has 8 nitrogen and oxygen atoms in total. The Kier molecular flexibility index (Phi) is 10.7. The van der Waals surface area contributed by atoms with Crippen LogP contribution in [-0.4, -0.2) is 37.8 Å². The summed E-state index contributed by atoms with van der Waals surface area (Å²) in [5, 5.41) is 10.7. The second-order valence-corrected chi connectivity index (χ2v) is 23.4. The van der Waals surface area contributed by atoms with E-state index in [4.69, 9.17) is 15.0 Å². The lowest BCUT2D eigenvalue weighted by molar-refractivity contribution is 0.889. The molecule has 0 amide bonds. The summed E-state index contributed by atoms with van der Waals surface area (Å²) >= 11 is 0. The van der Waals surface area contributed by atoms with Crippen molar-refractivity contribution in [1.82, 2.24) is 37.8 Å². The predicted molar refractivity (Wildman–Crippen MR) is 368 cm³/mol. The minimum Gasteiger partial charge on any atom is -0.311 e. The van der Waals surface area contributed by atoms with Gasteiger partial charge in [-0.2, -0.15) is 9.97 Å². The second-order valence-electron chi connectivity index (χ2n) is 23.4. The first kappa shape index (κ1) is 49.4. The lowest BCUT2D eigenvalue weighted by Gasteiger charge is -2.15. The molecule has 0 N–H and O–H groups in total. The van der Waals surface area contributed by atoms with Gasteiger partial charge < -0.3 is 18.3 Å². The van der Waals surface area contributed by atoms with E-state index in [1.54, 1.807) is 0 Å². The molecule has 0 spiro atoms. The van der Waals surface area contributed by atoms with E-state index in [-0.39, 0.29) is 0 Å². The van der Waals surface area contributed by atoms with Gasteiger partial charge in [0.15, 0.2) is 11.6 Å². The van der Waals surface area contributed by atoms with Crippen molar-refractivity contribution in [3.63, 3.8) is 0 Å². The highest BCUT2D eigenvalue weighted by Gasteiger charge is 2.27. The monoisotopic (exact) mass is 1140 g/mol. The highest BCUT2D eigenvalue weighted by molar-refractivity contribution is 6.22. The zero-order valence-corrected chi connectivity index (χ0v) is 48.2. The van der Waals surface area contributed by atoms with Crippen LogP contribution in [0, 0.1) is 0 Å². The average molecular weight is 1140 g/mol. The number of fused-ring (bicyclic) bond motifs is 16. The van der Waals surface area contributed by atoms with Crippen molar-refractivity contribution in [3.8, 4) is 62.6 Å². The molecule has 0 bridgehead atoms. The molecule has 89 heavy (non-hydrogen) atoms. The van der Waals surface area contributed by atoms with E-state index in [0.29, 0.717) is 17.6 Å². The zero-order chi connectivity index (χ0) is 58.3. The van der Waals surface area contributed by atoms with Gasteiger partial charge in [0.1, 0.15) is 0 Å². The molecule has 0 saturated carbocycles. The van der Waals surface area contributed by atoms with E-state index >= 15 is 0 Å². The SMILES string of the molecule is C1=Cc2c(n(-c3ccccc3)c3c2ccc2c4cc(-c5ccc6c(c5)c5cc7c(cc5n6-c5ccc6c(c5)c5ccccc5n6-c5nc(-c6ccccc6)nc(-c6ccccc6)n5)c5ccccc5n7-c5ccccc5)ccc4n(-c4ccccc4)c23)CC1. The topological polar surface area (TPSA) is 63.3 Å². The maximum Gasteiger partial charge on any atom is 0.238 e. The first-order chi connectivity index (χ1) is 44.2. The molecule has 0 unspecified atom stereocenters. The fourth-order valence-electron chi connectivity index (χ4n) is 14.7. The van der Waals surface area contributed by atoms with Gasteiger partial charge in [-0.3, -0.25) is 4.57 Å². The third-order valence-corrected chi connectivity index (χ3v) is 18.6. The number of benzene rings is 12. The van der Waals surface area contributed by atoms with Crippen LogP contribution in [0.4, 0.5) is 0 Å². The van der Waals surface area contributed by atoms with Crippen LogP contribution in [0.1, 0.15) is 17.7 Å². The Hall–Kier alpha value is -11.9. The summed E-state index contributed by atoms with van der Waals surface area (Å²) in [5.74, 6) is 1.80. The van der Waals surface area contributed by atoms with Gasteiger partial charge in [0, 0.05) is 93.6 Å². The minimum atomic E-state index is 0.562. The van der Waals surface area contributed by atoms with Crippen LogP contribution < -0.4 is 0 Å². The summed E-state index contributed by atoms with van der Waals surface area (Å²) in [6.45, 7) is 0. The number of para-hydroxylation sites is 5. The Balaban J connectivity index is 0.850. The van der Waals surface area contributed by atoms with Crippen LogP contribution in [0.15, 0.2) is 285 Å². The van der Waals surface area contributed by atoms with Crippen LogP contribution in [0.5, 0.6) is 0 Å². The number of allylic oxidation sites excluding steroid dienone is 1. The third-order valence-electron chi connectivity index (χ3n) is 18.6. The first-order valence-electron chi connectivity index (χ1n) is 30.6. The summed E-state index contributed by atoms with van der Waals surface area (Å²) in [6.07, 6.45) is 6.68. The molecule has 0 aliphatic heterocycles. The van der Waals surface area contributed by atoms with E-state index in [2.05, 4.69) is 278 Å². The van der Waals surface area contributed by atoms with Gasteiger partial charge in [0.25, 0.3) is 0 Å². The molecule has 18 aromatic rings. The molecule has 0 fully saturated rings. The normalized spacial score (nSPS) is 12.6. The van der Waals surface area contributed by atoms with Crippen LogP contribution in [0.25, 0.3) is 167 Å². The standard InChI is InChI=1S/C81H52N8/c1-6-22-51(23-7-1)79-82-80(52-24-8-2-9-25-52)84-81(83-79)89-71-37-21-18-33-60(71)66-48-58(40-45-74(66)89)86-72-43-38-54(47-65(72)68-50-75-67(49-76(68)86)61-34-17-19-35-69(61)85(75)55-26-10-3-11-27-55)53-39-44-73-64(46-53)63-42-41-62-59-32-16-20-36-70(59)87(56-28-12-4-13-29-56)77(62)78(63)88(73)57-30-14-5-15-31-57/h1-19,21-35,37-50H,20,36H2. The molecule has 1 aliphatic carbocycles. The maximum atomic E-state index is 5.25. The van der Waals surface area contributed by atoms with Crippen molar-refractivity contribution < 1.29 is 0 Å².